The van der Waals surface area contributed by atoms with E-state index in [1.54, 1.807) is 0 Å². The number of benzene rings is 1. The molecule has 1 aromatic heterocycles. The molecule has 7 heteroatoms. The van der Waals surface area contributed by atoms with Crippen molar-refractivity contribution in [2.45, 2.75) is 50.1 Å². The van der Waals surface area contributed by atoms with Gasteiger partial charge in [0.2, 0.25) is 0 Å². The van der Waals surface area contributed by atoms with E-state index in [2.05, 4.69) is 36.2 Å². The Morgan fingerprint density at radius 2 is 2.07 bits per heavy atom. The van der Waals surface area contributed by atoms with Gasteiger partial charge in [0.1, 0.15) is 5.58 Å². The van der Waals surface area contributed by atoms with Gasteiger partial charge in [-0.25, -0.2) is 0 Å². The van der Waals surface area contributed by atoms with Crippen molar-refractivity contribution in [3.63, 3.8) is 0 Å². The number of likely N-dealkylation sites (tertiary alicyclic amines) is 1. The van der Waals surface area contributed by atoms with Gasteiger partial charge in [-0.1, -0.05) is 37.4 Å². The molecule has 2 N–H and O–H groups in total. The Hall–Kier alpha value is -2.18. The van der Waals surface area contributed by atoms with Crippen LogP contribution in [0.5, 0.6) is 0 Å². The summed E-state index contributed by atoms with van der Waals surface area (Å²) in [6.45, 7) is 5.60. The number of anilines is 1. The second-order valence-electron chi connectivity index (χ2n) is 9.17. The molecule has 2 aliphatic heterocycles. The summed E-state index contributed by atoms with van der Waals surface area (Å²) in [4.78, 5) is 17.3. The van der Waals surface area contributed by atoms with Crippen molar-refractivity contribution in [1.29, 1.82) is 0 Å². The first kappa shape index (κ1) is 19.8. The number of likely N-dealkylation sites (N-methyl/N-ethyl adjacent to an activating group) is 1. The lowest BCUT2D eigenvalue weighted by molar-refractivity contribution is 0.0753. The first-order chi connectivity index (χ1) is 14.4. The second-order valence-corrected chi connectivity index (χ2v) is 9.57. The lowest BCUT2D eigenvalue weighted by Gasteiger charge is -2.44. The summed E-state index contributed by atoms with van der Waals surface area (Å²) in [7, 11) is 4.12. The summed E-state index contributed by atoms with van der Waals surface area (Å²) in [5, 5.41) is 8.42. The maximum absolute atomic E-state index is 13.2. The molecule has 1 amide bonds. The zero-order chi connectivity index (χ0) is 21.0. The molecule has 3 aliphatic rings. The molecule has 1 aromatic carbocycles. The van der Waals surface area contributed by atoms with Crippen LogP contribution >= 0.6 is 11.6 Å². The van der Waals surface area contributed by atoms with Crippen molar-refractivity contribution in [2.75, 3.05) is 32.5 Å². The molecular weight excluding hydrogens is 400 g/mol. The van der Waals surface area contributed by atoms with Crippen LogP contribution in [0.3, 0.4) is 0 Å². The Balaban J connectivity index is 1.58. The Morgan fingerprint density at radius 1 is 1.30 bits per heavy atom. The Bertz CT molecular complexity index is 1020. The summed E-state index contributed by atoms with van der Waals surface area (Å²) in [5.41, 5.74) is 2.41. The fourth-order valence-corrected chi connectivity index (χ4v) is 5.66. The SMILES string of the molecule is C=C1Nc2c(Cl)cc3cc(C(=O)N4CCC(N(C)C)C4)oc3c2C2(CCCCC2)N1. The zero-order valence-electron chi connectivity index (χ0n) is 17.7. The van der Waals surface area contributed by atoms with Crippen molar-refractivity contribution in [3.05, 3.63) is 40.9 Å². The van der Waals surface area contributed by atoms with Crippen LogP contribution in [0.4, 0.5) is 5.69 Å². The molecular formula is C23H29ClN4O2. The highest BCUT2D eigenvalue weighted by Crippen LogP contribution is 2.49. The summed E-state index contributed by atoms with van der Waals surface area (Å²) < 4.78 is 6.28. The molecule has 1 saturated carbocycles. The van der Waals surface area contributed by atoms with E-state index in [-0.39, 0.29) is 11.4 Å². The van der Waals surface area contributed by atoms with Crippen LogP contribution in [-0.2, 0) is 5.54 Å². The van der Waals surface area contributed by atoms with Crippen LogP contribution < -0.4 is 10.6 Å². The molecule has 1 atom stereocenters. The lowest BCUT2D eigenvalue weighted by Crippen LogP contribution is -2.48. The molecule has 3 heterocycles. The fraction of sp³-hybridized carbons (Fsp3) is 0.522. The van der Waals surface area contributed by atoms with Crippen LogP contribution in [0, 0.1) is 0 Å². The zero-order valence-corrected chi connectivity index (χ0v) is 18.4. The third-order valence-corrected chi connectivity index (χ3v) is 7.30. The first-order valence-electron chi connectivity index (χ1n) is 10.8. The highest BCUT2D eigenvalue weighted by Gasteiger charge is 2.42. The number of rotatable bonds is 2. The van der Waals surface area contributed by atoms with Crippen molar-refractivity contribution in [3.8, 4) is 0 Å². The lowest BCUT2D eigenvalue weighted by atomic mass is 9.74. The number of hydrogen-bond acceptors (Lipinski definition) is 5. The van der Waals surface area contributed by atoms with Gasteiger partial charge in [0.25, 0.3) is 5.91 Å². The van der Waals surface area contributed by atoms with Gasteiger partial charge in [-0.2, -0.15) is 0 Å². The Morgan fingerprint density at radius 3 is 2.77 bits per heavy atom. The topological polar surface area (TPSA) is 60.8 Å². The summed E-state index contributed by atoms with van der Waals surface area (Å²) >= 11 is 6.68. The molecule has 160 valence electrons. The number of carbonyl (C=O) groups excluding carboxylic acids is 1. The van der Waals surface area contributed by atoms with E-state index in [0.717, 1.165) is 73.2 Å². The van der Waals surface area contributed by atoms with Crippen LogP contribution in [0.2, 0.25) is 5.02 Å². The molecule has 6 nitrogen and oxygen atoms in total. The van der Waals surface area contributed by atoms with Crippen molar-refractivity contribution in [2.24, 2.45) is 0 Å². The number of halogens is 1. The van der Waals surface area contributed by atoms with Crippen molar-refractivity contribution < 1.29 is 9.21 Å². The van der Waals surface area contributed by atoms with Crippen molar-refractivity contribution >= 4 is 34.2 Å². The molecule has 5 rings (SSSR count). The van der Waals surface area contributed by atoms with E-state index in [4.69, 9.17) is 16.0 Å². The molecule has 1 spiro atoms. The van der Waals surface area contributed by atoms with E-state index in [1.807, 2.05) is 17.0 Å². The summed E-state index contributed by atoms with van der Waals surface area (Å²) in [5.74, 6) is 1.11. The number of hydrogen-bond donors (Lipinski definition) is 2. The fourth-order valence-electron chi connectivity index (χ4n) is 5.40. The van der Waals surface area contributed by atoms with Gasteiger partial charge in [0, 0.05) is 30.1 Å². The van der Waals surface area contributed by atoms with Gasteiger partial charge in [0.05, 0.1) is 22.1 Å². The van der Waals surface area contributed by atoms with E-state index in [1.165, 1.54) is 6.42 Å². The van der Waals surface area contributed by atoms with E-state index in [9.17, 15) is 4.79 Å². The average molecular weight is 429 g/mol. The smallest absolute Gasteiger partial charge is 0.289 e. The molecule has 30 heavy (non-hydrogen) atoms. The first-order valence-corrected chi connectivity index (χ1v) is 11.2. The van der Waals surface area contributed by atoms with E-state index < -0.39 is 0 Å². The van der Waals surface area contributed by atoms with Crippen LogP contribution in [0.25, 0.3) is 11.0 Å². The number of nitrogens with zero attached hydrogens (tertiary/aromatic N) is 2. The standard InChI is InChI=1S/C23H29ClN4O2/c1-14-25-20-17(24)11-15-12-18(22(29)28-10-7-16(13-28)27(2)3)30-21(15)19(20)23(26-14)8-5-4-6-9-23/h11-12,16,25-26H,1,4-10,13H2,2-3H3. The van der Waals surface area contributed by atoms with Gasteiger partial charge in [-0.3, -0.25) is 4.79 Å². The number of nitrogens with one attached hydrogen (secondary N) is 2. The number of furan rings is 1. The maximum Gasteiger partial charge on any atom is 0.289 e. The summed E-state index contributed by atoms with van der Waals surface area (Å²) in [6, 6.07) is 4.14. The molecule has 0 bridgehead atoms. The number of carbonyl (C=O) groups is 1. The molecule has 1 saturated heterocycles. The van der Waals surface area contributed by atoms with Gasteiger partial charge in [-0.15, -0.1) is 0 Å². The molecule has 1 unspecified atom stereocenters. The van der Waals surface area contributed by atoms with Crippen LogP contribution in [-0.4, -0.2) is 48.9 Å². The predicted molar refractivity (Wildman–Crippen MR) is 120 cm³/mol. The van der Waals surface area contributed by atoms with E-state index in [0.29, 0.717) is 16.8 Å². The number of fused-ring (bicyclic) bond motifs is 4. The number of amides is 1. The summed E-state index contributed by atoms with van der Waals surface area (Å²) in [6.07, 6.45) is 6.49. The third-order valence-electron chi connectivity index (χ3n) is 7.00. The van der Waals surface area contributed by atoms with Crippen molar-refractivity contribution in [1.82, 2.24) is 15.1 Å². The minimum atomic E-state index is -0.249. The largest absolute Gasteiger partial charge is 0.450 e. The minimum absolute atomic E-state index is 0.0424. The van der Waals surface area contributed by atoms with Gasteiger partial charge < -0.3 is 24.9 Å². The average Bonchev–Trinajstić information content (AvgIpc) is 3.35. The quantitative estimate of drug-likeness (QED) is 0.737. The molecule has 2 aromatic rings. The normalized spacial score (nSPS) is 23.0. The second kappa shape index (κ2) is 7.20. The third kappa shape index (κ3) is 3.08. The molecule has 2 fully saturated rings. The molecule has 0 radical (unpaired) electrons. The maximum atomic E-state index is 13.2. The van der Waals surface area contributed by atoms with E-state index >= 15 is 0 Å². The van der Waals surface area contributed by atoms with Gasteiger partial charge >= 0.3 is 0 Å². The highest BCUT2D eigenvalue weighted by atomic mass is 35.5. The predicted octanol–water partition coefficient (Wildman–Crippen LogP) is 4.51. The Labute approximate surface area is 182 Å². The van der Waals surface area contributed by atoms with Crippen LogP contribution in [0.1, 0.15) is 54.6 Å². The van der Waals surface area contributed by atoms with Gasteiger partial charge in [0.15, 0.2) is 5.76 Å². The highest BCUT2D eigenvalue weighted by molar-refractivity contribution is 6.34. The monoisotopic (exact) mass is 428 g/mol. The van der Waals surface area contributed by atoms with Crippen LogP contribution in [0.15, 0.2) is 28.9 Å². The minimum Gasteiger partial charge on any atom is -0.450 e. The van der Waals surface area contributed by atoms with Gasteiger partial charge in [-0.05, 0) is 45.5 Å². The Kier molecular flexibility index (Phi) is 4.75. The molecule has 1 aliphatic carbocycles.